The zero-order valence-electron chi connectivity index (χ0n) is 15.2. The fourth-order valence-electron chi connectivity index (χ4n) is 2.61. The summed E-state index contributed by atoms with van der Waals surface area (Å²) in [4.78, 5) is 19.9. The van der Waals surface area contributed by atoms with Gasteiger partial charge in [0, 0.05) is 31.9 Å². The topological polar surface area (TPSA) is 118 Å². The summed E-state index contributed by atoms with van der Waals surface area (Å²) in [5.41, 5.74) is 0.974. The molecule has 3 rings (SSSR count). The zero-order chi connectivity index (χ0) is 20.9. The van der Waals surface area contributed by atoms with Crippen molar-refractivity contribution in [1.29, 1.82) is 0 Å². The lowest BCUT2D eigenvalue weighted by Gasteiger charge is -2.10. The first-order chi connectivity index (χ1) is 13.9. The molecule has 0 unspecified atom stereocenters. The fourth-order valence-corrected chi connectivity index (χ4v) is 4.78. The van der Waals surface area contributed by atoms with Gasteiger partial charge in [0.15, 0.2) is 0 Å². The van der Waals surface area contributed by atoms with Crippen LogP contribution in [0.3, 0.4) is 0 Å². The Labute approximate surface area is 177 Å². The molecule has 0 radical (unpaired) electrons. The predicted octanol–water partition coefficient (Wildman–Crippen LogP) is 1.85. The van der Waals surface area contributed by atoms with E-state index in [0.29, 0.717) is 25.2 Å². The standard InChI is InChI=1S/C17H18Cl2N6O3S/c18-13-4-1-5-14(19)16(13)29(27,28)24-8-6-15(26)20-7-2-3-12-9-21-17-22-11-23-25(17)10-12/h1,4-5,9-11,24H,2-3,6-8H2,(H,20,26). The average Bonchev–Trinajstić information content (AvgIpc) is 3.12. The van der Waals surface area contributed by atoms with Gasteiger partial charge in [0.25, 0.3) is 5.78 Å². The van der Waals surface area contributed by atoms with Crippen molar-refractivity contribution in [2.24, 2.45) is 0 Å². The summed E-state index contributed by atoms with van der Waals surface area (Å²) in [6.45, 7) is 0.389. The van der Waals surface area contributed by atoms with Crippen molar-refractivity contribution in [3.8, 4) is 0 Å². The van der Waals surface area contributed by atoms with E-state index in [1.54, 1.807) is 16.8 Å². The maximum Gasteiger partial charge on any atom is 0.252 e. The quantitative estimate of drug-likeness (QED) is 0.474. The summed E-state index contributed by atoms with van der Waals surface area (Å²) < 4.78 is 28.6. The Morgan fingerprint density at radius 2 is 1.90 bits per heavy atom. The van der Waals surface area contributed by atoms with Gasteiger partial charge in [-0.25, -0.2) is 22.6 Å². The average molecular weight is 457 g/mol. The van der Waals surface area contributed by atoms with Crippen LogP contribution in [-0.2, 0) is 21.2 Å². The minimum Gasteiger partial charge on any atom is -0.356 e. The normalized spacial score (nSPS) is 11.7. The molecule has 1 aromatic carbocycles. The molecule has 3 aromatic rings. The number of hydrogen-bond donors (Lipinski definition) is 2. The van der Waals surface area contributed by atoms with Crippen LogP contribution in [0.1, 0.15) is 18.4 Å². The monoisotopic (exact) mass is 456 g/mol. The molecule has 0 fully saturated rings. The largest absolute Gasteiger partial charge is 0.356 e. The molecule has 2 N–H and O–H groups in total. The van der Waals surface area contributed by atoms with Crippen LogP contribution in [0.4, 0.5) is 0 Å². The molecule has 1 amide bonds. The number of rotatable bonds is 9. The Hall–Kier alpha value is -2.27. The molecule has 154 valence electrons. The molecule has 2 heterocycles. The van der Waals surface area contributed by atoms with E-state index in [1.807, 2.05) is 6.20 Å². The number of carbonyl (C=O) groups is 1. The first kappa shape index (κ1) is 21.4. The van der Waals surface area contributed by atoms with Crippen LogP contribution in [0, 0.1) is 0 Å². The molecule has 0 saturated carbocycles. The van der Waals surface area contributed by atoms with Crippen molar-refractivity contribution in [1.82, 2.24) is 29.6 Å². The van der Waals surface area contributed by atoms with Crippen molar-refractivity contribution >= 4 is 44.9 Å². The highest BCUT2D eigenvalue weighted by Crippen LogP contribution is 2.28. The van der Waals surface area contributed by atoms with E-state index >= 15 is 0 Å². The van der Waals surface area contributed by atoms with E-state index in [0.717, 1.165) is 5.56 Å². The van der Waals surface area contributed by atoms with Crippen LogP contribution in [0.25, 0.3) is 5.78 Å². The van der Waals surface area contributed by atoms with E-state index in [9.17, 15) is 13.2 Å². The Kier molecular flexibility index (Phi) is 7.01. The third-order valence-corrected chi connectivity index (χ3v) is 6.40. The lowest BCUT2D eigenvalue weighted by molar-refractivity contribution is -0.120. The molecule has 0 aliphatic heterocycles. The molecule has 0 atom stereocenters. The minimum absolute atomic E-state index is 0.00618. The number of carbonyl (C=O) groups excluding carboxylic acids is 1. The van der Waals surface area contributed by atoms with E-state index in [4.69, 9.17) is 23.2 Å². The molecule has 0 aliphatic rings. The van der Waals surface area contributed by atoms with Crippen LogP contribution >= 0.6 is 23.2 Å². The number of aromatic nitrogens is 4. The predicted molar refractivity (Wildman–Crippen MR) is 108 cm³/mol. The van der Waals surface area contributed by atoms with E-state index in [1.165, 1.54) is 18.5 Å². The van der Waals surface area contributed by atoms with Crippen molar-refractivity contribution in [3.63, 3.8) is 0 Å². The van der Waals surface area contributed by atoms with Gasteiger partial charge in [-0.1, -0.05) is 29.3 Å². The Bertz CT molecular complexity index is 1100. The second-order valence-corrected chi connectivity index (χ2v) is 8.64. The van der Waals surface area contributed by atoms with Crippen LogP contribution in [0.15, 0.2) is 41.8 Å². The molecule has 2 aromatic heterocycles. The molecular weight excluding hydrogens is 439 g/mol. The summed E-state index contributed by atoms with van der Waals surface area (Å²) in [5, 5.41) is 6.82. The van der Waals surface area contributed by atoms with Gasteiger partial charge >= 0.3 is 0 Å². The summed E-state index contributed by atoms with van der Waals surface area (Å²) in [6.07, 6.45) is 6.40. The third-order valence-electron chi connectivity index (χ3n) is 3.98. The van der Waals surface area contributed by atoms with Crippen molar-refractivity contribution < 1.29 is 13.2 Å². The molecule has 0 saturated heterocycles. The molecule has 9 nitrogen and oxygen atoms in total. The molecule has 29 heavy (non-hydrogen) atoms. The van der Waals surface area contributed by atoms with Gasteiger partial charge in [-0.15, -0.1) is 0 Å². The lowest BCUT2D eigenvalue weighted by atomic mass is 10.2. The van der Waals surface area contributed by atoms with Crippen LogP contribution in [-0.4, -0.2) is 47.0 Å². The summed E-state index contributed by atoms with van der Waals surface area (Å²) in [5.74, 6) is 0.269. The lowest BCUT2D eigenvalue weighted by Crippen LogP contribution is -2.31. The summed E-state index contributed by atoms with van der Waals surface area (Å²) >= 11 is 11.8. The third kappa shape index (κ3) is 5.63. The second-order valence-electron chi connectivity index (χ2n) is 6.12. The maximum absolute atomic E-state index is 12.3. The van der Waals surface area contributed by atoms with Gasteiger partial charge in [-0.2, -0.15) is 10.1 Å². The van der Waals surface area contributed by atoms with Gasteiger partial charge in [0.05, 0.1) is 10.0 Å². The van der Waals surface area contributed by atoms with E-state index in [2.05, 4.69) is 25.1 Å². The first-order valence-electron chi connectivity index (χ1n) is 8.71. The zero-order valence-corrected chi connectivity index (χ0v) is 17.5. The SMILES string of the molecule is O=C(CCNS(=O)(=O)c1c(Cl)cccc1Cl)NCCCc1cnc2ncnn2c1. The summed E-state index contributed by atoms with van der Waals surface area (Å²) in [7, 11) is -3.91. The number of hydrogen-bond acceptors (Lipinski definition) is 6. The van der Waals surface area contributed by atoms with Crippen molar-refractivity contribution in [2.75, 3.05) is 13.1 Å². The smallest absolute Gasteiger partial charge is 0.252 e. The number of nitrogens with zero attached hydrogens (tertiary/aromatic N) is 4. The highest BCUT2D eigenvalue weighted by atomic mass is 35.5. The molecule has 12 heteroatoms. The maximum atomic E-state index is 12.3. The summed E-state index contributed by atoms with van der Waals surface area (Å²) in [6, 6.07) is 4.42. The number of benzene rings is 1. The first-order valence-corrected chi connectivity index (χ1v) is 11.0. The Morgan fingerprint density at radius 3 is 2.66 bits per heavy atom. The van der Waals surface area contributed by atoms with E-state index < -0.39 is 10.0 Å². The fraction of sp³-hybridized carbons (Fsp3) is 0.294. The van der Waals surface area contributed by atoms with Crippen molar-refractivity contribution in [2.45, 2.75) is 24.2 Å². The highest BCUT2D eigenvalue weighted by molar-refractivity contribution is 7.89. The van der Waals surface area contributed by atoms with Crippen molar-refractivity contribution in [3.05, 3.63) is 52.5 Å². The number of amides is 1. The molecule has 0 bridgehead atoms. The van der Waals surface area contributed by atoms with E-state index in [-0.39, 0.29) is 33.8 Å². The number of fused-ring (bicyclic) bond motifs is 1. The molecule has 0 spiro atoms. The molecular formula is C17H18Cl2N6O3S. The highest BCUT2D eigenvalue weighted by Gasteiger charge is 2.21. The van der Waals surface area contributed by atoms with Gasteiger partial charge in [0.1, 0.15) is 11.2 Å². The van der Waals surface area contributed by atoms with Gasteiger partial charge in [-0.05, 0) is 30.5 Å². The minimum atomic E-state index is -3.91. The van der Waals surface area contributed by atoms with Gasteiger partial charge in [0.2, 0.25) is 15.9 Å². The van der Waals surface area contributed by atoms with Crippen LogP contribution < -0.4 is 10.0 Å². The Morgan fingerprint density at radius 1 is 1.14 bits per heavy atom. The number of aryl methyl sites for hydroxylation is 1. The van der Waals surface area contributed by atoms with Crippen LogP contribution in [0.5, 0.6) is 0 Å². The van der Waals surface area contributed by atoms with Gasteiger partial charge in [-0.3, -0.25) is 4.79 Å². The number of halogens is 2. The van der Waals surface area contributed by atoms with Gasteiger partial charge < -0.3 is 5.32 Å². The molecule has 0 aliphatic carbocycles. The van der Waals surface area contributed by atoms with Crippen LogP contribution in [0.2, 0.25) is 10.0 Å². The Balaban J connectivity index is 1.39. The second kappa shape index (κ2) is 9.49. The number of nitrogens with one attached hydrogen (secondary N) is 2. The number of sulfonamides is 1.